The van der Waals surface area contributed by atoms with E-state index in [1.54, 1.807) is 0 Å². The van der Waals surface area contributed by atoms with Gasteiger partial charge in [-0.05, 0) is 17.7 Å². The first kappa shape index (κ1) is 10.1. The summed E-state index contributed by atoms with van der Waals surface area (Å²) >= 11 is 0. The number of benzene rings is 1. The standard InChI is InChI=1S/C11H19N2/c1-13(2,3)9-8-10-4-6-11(12)7-5-10/h4-7H,8-9,12H2,1-3H3/q+1. The molecule has 1 aromatic carbocycles. The second kappa shape index (κ2) is 3.79. The normalized spacial score (nSPS) is 11.6. The molecular formula is C11H19N2+. The Hall–Kier alpha value is -1.02. The zero-order chi connectivity index (χ0) is 9.90. The van der Waals surface area contributed by atoms with Crippen LogP contribution in [-0.2, 0) is 6.42 Å². The van der Waals surface area contributed by atoms with Gasteiger partial charge in [0.2, 0.25) is 0 Å². The third kappa shape index (κ3) is 3.95. The van der Waals surface area contributed by atoms with Crippen molar-refractivity contribution in [3.63, 3.8) is 0 Å². The number of quaternary nitrogens is 1. The van der Waals surface area contributed by atoms with Crippen LogP contribution in [0, 0.1) is 0 Å². The molecule has 0 aliphatic carbocycles. The van der Waals surface area contributed by atoms with Crippen molar-refractivity contribution in [2.45, 2.75) is 6.42 Å². The largest absolute Gasteiger partial charge is 0.399 e. The van der Waals surface area contributed by atoms with Gasteiger partial charge in [-0.2, -0.15) is 0 Å². The zero-order valence-corrected chi connectivity index (χ0v) is 8.75. The number of likely N-dealkylation sites (N-methyl/N-ethyl adjacent to an activating group) is 1. The lowest BCUT2D eigenvalue weighted by molar-refractivity contribution is -0.870. The van der Waals surface area contributed by atoms with Gasteiger partial charge < -0.3 is 10.2 Å². The van der Waals surface area contributed by atoms with Crippen molar-refractivity contribution >= 4 is 5.69 Å². The monoisotopic (exact) mass is 179 g/mol. The lowest BCUT2D eigenvalue weighted by Crippen LogP contribution is -2.36. The summed E-state index contributed by atoms with van der Waals surface area (Å²) in [6.45, 7) is 1.16. The number of hydrogen-bond donors (Lipinski definition) is 1. The Morgan fingerprint density at radius 1 is 1.08 bits per heavy atom. The molecule has 2 N–H and O–H groups in total. The fourth-order valence-corrected chi connectivity index (χ4v) is 1.15. The van der Waals surface area contributed by atoms with Crippen LogP contribution in [0.4, 0.5) is 5.69 Å². The summed E-state index contributed by atoms with van der Waals surface area (Å²) in [5.41, 5.74) is 7.81. The molecule has 72 valence electrons. The van der Waals surface area contributed by atoms with Gasteiger partial charge in [0.25, 0.3) is 0 Å². The van der Waals surface area contributed by atoms with E-state index in [2.05, 4.69) is 33.3 Å². The van der Waals surface area contributed by atoms with Crippen molar-refractivity contribution in [3.8, 4) is 0 Å². The number of nitrogens with zero attached hydrogens (tertiary/aromatic N) is 1. The van der Waals surface area contributed by atoms with Crippen LogP contribution in [0.1, 0.15) is 5.56 Å². The molecule has 2 heteroatoms. The van der Waals surface area contributed by atoms with Crippen LogP contribution < -0.4 is 5.73 Å². The summed E-state index contributed by atoms with van der Waals surface area (Å²) in [7, 11) is 6.62. The van der Waals surface area contributed by atoms with E-state index in [1.165, 1.54) is 5.56 Å². The van der Waals surface area contributed by atoms with Gasteiger partial charge in [-0.1, -0.05) is 12.1 Å². The fourth-order valence-electron chi connectivity index (χ4n) is 1.15. The Balaban J connectivity index is 2.51. The molecular weight excluding hydrogens is 160 g/mol. The van der Waals surface area contributed by atoms with Gasteiger partial charge in [0, 0.05) is 12.1 Å². The molecule has 0 bridgehead atoms. The van der Waals surface area contributed by atoms with E-state index >= 15 is 0 Å². The smallest absolute Gasteiger partial charge is 0.0821 e. The molecule has 0 aliphatic rings. The van der Waals surface area contributed by atoms with Gasteiger partial charge in [-0.25, -0.2) is 0 Å². The van der Waals surface area contributed by atoms with E-state index in [0.29, 0.717) is 0 Å². The summed E-state index contributed by atoms with van der Waals surface area (Å²) in [6, 6.07) is 8.13. The van der Waals surface area contributed by atoms with E-state index in [0.717, 1.165) is 23.1 Å². The summed E-state index contributed by atoms with van der Waals surface area (Å²) in [4.78, 5) is 0. The quantitative estimate of drug-likeness (QED) is 0.552. The molecule has 0 radical (unpaired) electrons. The molecule has 0 aliphatic heterocycles. The molecule has 2 nitrogen and oxygen atoms in total. The molecule has 0 amide bonds. The summed E-state index contributed by atoms with van der Waals surface area (Å²) in [5, 5.41) is 0. The summed E-state index contributed by atoms with van der Waals surface area (Å²) < 4.78 is 1.00. The maximum absolute atomic E-state index is 5.60. The lowest BCUT2D eigenvalue weighted by Gasteiger charge is -2.23. The highest BCUT2D eigenvalue weighted by Crippen LogP contribution is 2.07. The van der Waals surface area contributed by atoms with Gasteiger partial charge in [-0.3, -0.25) is 0 Å². The third-order valence-electron chi connectivity index (χ3n) is 2.05. The highest BCUT2D eigenvalue weighted by Gasteiger charge is 2.06. The second-order valence-electron chi connectivity index (χ2n) is 4.51. The van der Waals surface area contributed by atoms with Gasteiger partial charge in [0.05, 0.1) is 27.7 Å². The summed E-state index contributed by atoms with van der Waals surface area (Å²) in [6.07, 6.45) is 1.11. The molecule has 0 saturated heterocycles. The number of hydrogen-bond acceptors (Lipinski definition) is 1. The molecule has 0 fully saturated rings. The minimum Gasteiger partial charge on any atom is -0.399 e. The van der Waals surface area contributed by atoms with Gasteiger partial charge in [-0.15, -0.1) is 0 Å². The van der Waals surface area contributed by atoms with Crippen molar-refractivity contribution in [1.29, 1.82) is 0 Å². The first-order valence-electron chi connectivity index (χ1n) is 4.62. The minimum absolute atomic E-state index is 0.842. The zero-order valence-electron chi connectivity index (χ0n) is 8.75. The SMILES string of the molecule is C[N+](C)(C)CCc1ccc(N)cc1. The fraction of sp³-hybridized carbons (Fsp3) is 0.455. The van der Waals surface area contributed by atoms with E-state index in [4.69, 9.17) is 5.73 Å². The van der Waals surface area contributed by atoms with Gasteiger partial charge in [0.1, 0.15) is 0 Å². The number of nitrogens with two attached hydrogens (primary N) is 1. The minimum atomic E-state index is 0.842. The van der Waals surface area contributed by atoms with E-state index in [-0.39, 0.29) is 0 Å². The Bertz CT molecular complexity index is 256. The predicted molar refractivity (Wildman–Crippen MR) is 57.5 cm³/mol. The van der Waals surface area contributed by atoms with Crippen molar-refractivity contribution in [2.24, 2.45) is 0 Å². The molecule has 1 aromatic rings. The second-order valence-corrected chi connectivity index (χ2v) is 4.51. The van der Waals surface area contributed by atoms with Crippen LogP contribution in [0.5, 0.6) is 0 Å². The molecule has 0 saturated carbocycles. The molecule has 0 atom stereocenters. The van der Waals surface area contributed by atoms with E-state index in [9.17, 15) is 0 Å². The van der Waals surface area contributed by atoms with Gasteiger partial charge in [0.15, 0.2) is 0 Å². The molecule has 0 heterocycles. The van der Waals surface area contributed by atoms with Crippen LogP contribution in [0.3, 0.4) is 0 Å². The Kier molecular flexibility index (Phi) is 2.94. The molecule has 0 unspecified atom stereocenters. The third-order valence-corrected chi connectivity index (χ3v) is 2.05. The van der Waals surface area contributed by atoms with E-state index in [1.807, 2.05) is 12.1 Å². The molecule has 13 heavy (non-hydrogen) atoms. The highest BCUT2D eigenvalue weighted by atomic mass is 15.3. The maximum Gasteiger partial charge on any atom is 0.0821 e. The summed E-state index contributed by atoms with van der Waals surface area (Å²) in [5.74, 6) is 0. The van der Waals surface area contributed by atoms with Crippen molar-refractivity contribution in [3.05, 3.63) is 29.8 Å². The lowest BCUT2D eigenvalue weighted by atomic mass is 10.1. The number of nitrogen functional groups attached to an aromatic ring is 1. The highest BCUT2D eigenvalue weighted by molar-refractivity contribution is 5.39. The topological polar surface area (TPSA) is 26.0 Å². The number of rotatable bonds is 3. The Morgan fingerprint density at radius 2 is 1.62 bits per heavy atom. The van der Waals surface area contributed by atoms with Crippen LogP contribution in [0.25, 0.3) is 0 Å². The first-order valence-corrected chi connectivity index (χ1v) is 4.62. The average molecular weight is 179 g/mol. The van der Waals surface area contributed by atoms with Crippen LogP contribution >= 0.6 is 0 Å². The van der Waals surface area contributed by atoms with Crippen LogP contribution in [0.2, 0.25) is 0 Å². The molecule has 0 spiro atoms. The predicted octanol–water partition coefficient (Wildman–Crippen LogP) is 1.52. The van der Waals surface area contributed by atoms with Gasteiger partial charge >= 0.3 is 0 Å². The van der Waals surface area contributed by atoms with Crippen LogP contribution in [0.15, 0.2) is 24.3 Å². The molecule has 1 rings (SSSR count). The average Bonchev–Trinajstić information content (AvgIpc) is 2.02. The molecule has 0 aromatic heterocycles. The van der Waals surface area contributed by atoms with Crippen molar-refractivity contribution < 1.29 is 4.48 Å². The van der Waals surface area contributed by atoms with Crippen molar-refractivity contribution in [2.75, 3.05) is 33.4 Å². The van der Waals surface area contributed by atoms with Crippen LogP contribution in [-0.4, -0.2) is 32.2 Å². The van der Waals surface area contributed by atoms with E-state index < -0.39 is 0 Å². The number of anilines is 1. The Labute approximate surface area is 80.6 Å². The first-order chi connectivity index (χ1) is 5.97. The maximum atomic E-state index is 5.60. The van der Waals surface area contributed by atoms with Crippen molar-refractivity contribution in [1.82, 2.24) is 0 Å². The Morgan fingerprint density at radius 3 is 2.08 bits per heavy atom.